The van der Waals surface area contributed by atoms with Gasteiger partial charge in [0.25, 0.3) is 11.8 Å². The van der Waals surface area contributed by atoms with Gasteiger partial charge in [0.2, 0.25) is 0 Å². The van der Waals surface area contributed by atoms with Gasteiger partial charge in [-0.1, -0.05) is 28.9 Å². The van der Waals surface area contributed by atoms with Gasteiger partial charge in [0.05, 0.1) is 18.2 Å². The minimum Gasteiger partial charge on any atom is -0.379 e. The van der Waals surface area contributed by atoms with Crippen molar-refractivity contribution in [2.24, 2.45) is 0 Å². The van der Waals surface area contributed by atoms with Crippen LogP contribution in [0.15, 0.2) is 34.9 Å². The standard InChI is InChI=1S/C19H21ClN4O4/c20-14-5-2-1-4-13(14)17-12-15(22-28-17)19(26)24-7-3-6-16(24)18(25)21-23-8-10-27-11-9-23/h1-2,4-5,12,16H,3,6-11H2,(H,21,25)/t16-/m0/s1. The molecule has 1 N–H and O–H groups in total. The average Bonchev–Trinajstić information content (AvgIpc) is 3.39. The van der Waals surface area contributed by atoms with Crippen molar-refractivity contribution in [3.8, 4) is 11.3 Å². The molecule has 0 unspecified atom stereocenters. The fourth-order valence-electron chi connectivity index (χ4n) is 3.50. The Morgan fingerprint density at radius 2 is 1.96 bits per heavy atom. The Bertz CT molecular complexity index is 865. The van der Waals surface area contributed by atoms with Crippen molar-refractivity contribution < 1.29 is 18.8 Å². The fraction of sp³-hybridized carbons (Fsp3) is 0.421. The molecule has 1 atom stereocenters. The summed E-state index contributed by atoms with van der Waals surface area (Å²) < 4.78 is 10.6. The van der Waals surface area contributed by atoms with Gasteiger partial charge in [-0.15, -0.1) is 0 Å². The number of ether oxygens (including phenoxy) is 1. The maximum Gasteiger partial charge on any atom is 0.276 e. The van der Waals surface area contributed by atoms with Crippen LogP contribution in [0.4, 0.5) is 0 Å². The van der Waals surface area contributed by atoms with Crippen LogP contribution in [0.25, 0.3) is 11.3 Å². The first-order valence-corrected chi connectivity index (χ1v) is 9.67. The van der Waals surface area contributed by atoms with E-state index < -0.39 is 6.04 Å². The number of likely N-dealkylation sites (tertiary alicyclic amines) is 1. The fourth-order valence-corrected chi connectivity index (χ4v) is 3.73. The number of carbonyl (C=O) groups excluding carboxylic acids is 2. The van der Waals surface area contributed by atoms with E-state index in [2.05, 4.69) is 10.6 Å². The van der Waals surface area contributed by atoms with E-state index in [1.165, 1.54) is 0 Å². The lowest BCUT2D eigenvalue weighted by Gasteiger charge is -2.30. The van der Waals surface area contributed by atoms with Crippen LogP contribution >= 0.6 is 11.6 Å². The van der Waals surface area contributed by atoms with E-state index in [0.29, 0.717) is 55.6 Å². The van der Waals surface area contributed by atoms with Crippen molar-refractivity contribution in [2.75, 3.05) is 32.8 Å². The zero-order valence-corrected chi connectivity index (χ0v) is 16.0. The maximum atomic E-state index is 12.9. The Labute approximate surface area is 167 Å². The minimum atomic E-state index is -0.518. The van der Waals surface area contributed by atoms with Crippen LogP contribution in [0.3, 0.4) is 0 Å². The monoisotopic (exact) mass is 404 g/mol. The van der Waals surface area contributed by atoms with Crippen molar-refractivity contribution in [3.63, 3.8) is 0 Å². The summed E-state index contributed by atoms with van der Waals surface area (Å²) in [6.45, 7) is 2.94. The minimum absolute atomic E-state index is 0.168. The molecule has 0 saturated carbocycles. The number of carbonyl (C=O) groups is 2. The smallest absolute Gasteiger partial charge is 0.276 e. The van der Waals surface area contributed by atoms with E-state index >= 15 is 0 Å². The molecule has 1 aromatic heterocycles. The molecule has 0 radical (unpaired) electrons. The number of hydrazine groups is 1. The SMILES string of the molecule is O=C(NN1CCOCC1)[C@@H]1CCCN1C(=O)c1cc(-c2ccccc2Cl)on1. The third-order valence-corrected chi connectivity index (χ3v) is 5.29. The highest BCUT2D eigenvalue weighted by atomic mass is 35.5. The summed E-state index contributed by atoms with van der Waals surface area (Å²) in [4.78, 5) is 27.2. The van der Waals surface area contributed by atoms with Crippen LogP contribution in [0.1, 0.15) is 23.3 Å². The molecule has 2 aliphatic rings. The van der Waals surface area contributed by atoms with Crippen molar-refractivity contribution in [2.45, 2.75) is 18.9 Å². The summed E-state index contributed by atoms with van der Waals surface area (Å²) in [5, 5.41) is 6.25. The van der Waals surface area contributed by atoms with Crippen LogP contribution in [0.2, 0.25) is 5.02 Å². The number of aromatic nitrogens is 1. The van der Waals surface area contributed by atoms with Gasteiger partial charge in [0.15, 0.2) is 11.5 Å². The molecule has 8 nitrogen and oxygen atoms in total. The lowest BCUT2D eigenvalue weighted by Crippen LogP contribution is -2.54. The maximum absolute atomic E-state index is 12.9. The van der Waals surface area contributed by atoms with Gasteiger partial charge in [-0.3, -0.25) is 15.0 Å². The predicted octanol–water partition coefficient (Wildman–Crippen LogP) is 1.96. The second-order valence-corrected chi connectivity index (χ2v) is 7.20. The number of hydrogen-bond acceptors (Lipinski definition) is 6. The van der Waals surface area contributed by atoms with Crippen LogP contribution < -0.4 is 5.43 Å². The van der Waals surface area contributed by atoms with Crippen LogP contribution in [0.5, 0.6) is 0 Å². The Morgan fingerprint density at radius 1 is 1.18 bits per heavy atom. The number of nitrogens with zero attached hydrogens (tertiary/aromatic N) is 3. The molecule has 9 heteroatoms. The highest BCUT2D eigenvalue weighted by molar-refractivity contribution is 6.33. The molecule has 2 aromatic rings. The summed E-state index contributed by atoms with van der Waals surface area (Å²) in [5.74, 6) is -0.0771. The Balaban J connectivity index is 1.46. The number of halogens is 1. The molecule has 2 saturated heterocycles. The molecule has 148 valence electrons. The molecule has 2 fully saturated rings. The summed E-state index contributed by atoms with van der Waals surface area (Å²) >= 11 is 6.18. The molecule has 28 heavy (non-hydrogen) atoms. The largest absolute Gasteiger partial charge is 0.379 e. The highest BCUT2D eigenvalue weighted by Crippen LogP contribution is 2.29. The number of benzene rings is 1. The number of morpholine rings is 1. The zero-order chi connectivity index (χ0) is 19.5. The van der Waals surface area contributed by atoms with E-state index in [-0.39, 0.29) is 17.5 Å². The van der Waals surface area contributed by atoms with Crippen molar-refractivity contribution in [3.05, 3.63) is 41.0 Å². The zero-order valence-electron chi connectivity index (χ0n) is 15.3. The van der Waals surface area contributed by atoms with Crippen LogP contribution in [-0.4, -0.2) is 65.8 Å². The van der Waals surface area contributed by atoms with Crippen LogP contribution in [-0.2, 0) is 9.53 Å². The number of amides is 2. The lowest BCUT2D eigenvalue weighted by atomic mass is 10.1. The van der Waals surface area contributed by atoms with Gasteiger partial charge in [0.1, 0.15) is 6.04 Å². The topological polar surface area (TPSA) is 87.9 Å². The Morgan fingerprint density at radius 3 is 2.75 bits per heavy atom. The summed E-state index contributed by atoms with van der Waals surface area (Å²) in [6, 6.07) is 8.24. The number of hydrogen-bond donors (Lipinski definition) is 1. The van der Waals surface area contributed by atoms with E-state index in [9.17, 15) is 9.59 Å². The first-order valence-electron chi connectivity index (χ1n) is 9.29. The first kappa shape index (κ1) is 18.9. The van der Waals surface area contributed by atoms with E-state index in [1.54, 1.807) is 23.1 Å². The Kier molecular flexibility index (Phi) is 5.61. The quantitative estimate of drug-likeness (QED) is 0.838. The molecule has 4 rings (SSSR count). The second-order valence-electron chi connectivity index (χ2n) is 6.79. The summed E-state index contributed by atoms with van der Waals surface area (Å²) in [7, 11) is 0. The van der Waals surface area contributed by atoms with Gasteiger partial charge in [-0.2, -0.15) is 0 Å². The molecule has 2 amide bonds. The van der Waals surface area contributed by atoms with Gasteiger partial charge in [-0.25, -0.2) is 5.01 Å². The van der Waals surface area contributed by atoms with Crippen molar-refractivity contribution in [1.82, 2.24) is 20.5 Å². The predicted molar refractivity (Wildman–Crippen MR) is 102 cm³/mol. The number of nitrogens with one attached hydrogen (secondary N) is 1. The molecule has 0 bridgehead atoms. The third kappa shape index (κ3) is 3.89. The van der Waals surface area contributed by atoms with Crippen molar-refractivity contribution in [1.29, 1.82) is 0 Å². The molecule has 2 aliphatic heterocycles. The van der Waals surface area contributed by atoms with Gasteiger partial charge >= 0.3 is 0 Å². The first-order chi connectivity index (χ1) is 13.6. The second kappa shape index (κ2) is 8.30. The molecule has 0 aliphatic carbocycles. The molecule has 1 aromatic carbocycles. The lowest BCUT2D eigenvalue weighted by molar-refractivity contribution is -0.131. The third-order valence-electron chi connectivity index (χ3n) is 4.96. The van der Waals surface area contributed by atoms with Crippen LogP contribution in [0, 0.1) is 0 Å². The Hall–Kier alpha value is -2.42. The normalized spacial score (nSPS) is 20.3. The molecule has 3 heterocycles. The average molecular weight is 405 g/mol. The van der Waals surface area contributed by atoms with Crippen molar-refractivity contribution >= 4 is 23.4 Å². The van der Waals surface area contributed by atoms with Gasteiger partial charge in [0, 0.05) is 31.3 Å². The summed E-state index contributed by atoms with van der Waals surface area (Å²) in [5.41, 5.74) is 3.73. The van der Waals surface area contributed by atoms with E-state index in [0.717, 1.165) is 6.42 Å². The molecular formula is C19H21ClN4O4. The summed E-state index contributed by atoms with van der Waals surface area (Å²) in [6.07, 6.45) is 1.39. The van der Waals surface area contributed by atoms with E-state index in [4.69, 9.17) is 20.9 Å². The highest BCUT2D eigenvalue weighted by Gasteiger charge is 2.36. The number of rotatable bonds is 4. The van der Waals surface area contributed by atoms with Gasteiger partial charge in [-0.05, 0) is 25.0 Å². The molecular weight excluding hydrogens is 384 g/mol. The molecule has 0 spiro atoms. The van der Waals surface area contributed by atoms with Gasteiger partial charge < -0.3 is 14.2 Å². The van der Waals surface area contributed by atoms with E-state index in [1.807, 2.05) is 17.1 Å².